The van der Waals surface area contributed by atoms with E-state index in [2.05, 4.69) is 43.6 Å². The highest BCUT2D eigenvalue weighted by atomic mass is 32.1. The molecule has 142 valence electrons. The van der Waals surface area contributed by atoms with Crippen LogP contribution in [0.5, 0.6) is 0 Å². The maximum atomic E-state index is 6.00. The summed E-state index contributed by atoms with van der Waals surface area (Å²) in [7, 11) is 0. The van der Waals surface area contributed by atoms with Gasteiger partial charge in [-0.25, -0.2) is 15.0 Å². The SMILES string of the molecule is C[C@@H]1CC[C@H](C)N(c2ncnc3c2sc2nc4c(cc23)COC(C)(C)C4)C1. The summed E-state index contributed by atoms with van der Waals surface area (Å²) in [6.45, 7) is 10.6. The molecular weight excluding hydrogens is 356 g/mol. The molecule has 5 nitrogen and oxygen atoms in total. The second kappa shape index (κ2) is 6.11. The third kappa shape index (κ3) is 2.90. The smallest absolute Gasteiger partial charge is 0.150 e. The number of anilines is 1. The van der Waals surface area contributed by atoms with Crippen molar-refractivity contribution in [1.82, 2.24) is 15.0 Å². The van der Waals surface area contributed by atoms with Crippen molar-refractivity contribution in [1.29, 1.82) is 0 Å². The van der Waals surface area contributed by atoms with E-state index >= 15 is 0 Å². The summed E-state index contributed by atoms with van der Waals surface area (Å²) in [5.74, 6) is 1.78. The molecule has 3 aromatic heterocycles. The Labute approximate surface area is 163 Å². The zero-order valence-electron chi connectivity index (χ0n) is 16.5. The normalized spacial score (nSPS) is 25.1. The molecule has 0 amide bonds. The Bertz CT molecular complexity index is 1030. The van der Waals surface area contributed by atoms with Gasteiger partial charge >= 0.3 is 0 Å². The van der Waals surface area contributed by atoms with Crippen LogP contribution in [0.1, 0.15) is 51.8 Å². The lowest BCUT2D eigenvalue weighted by atomic mass is 9.95. The summed E-state index contributed by atoms with van der Waals surface area (Å²) >= 11 is 1.74. The Morgan fingerprint density at radius 3 is 2.93 bits per heavy atom. The van der Waals surface area contributed by atoms with Crippen molar-refractivity contribution < 1.29 is 4.74 Å². The molecule has 0 radical (unpaired) electrons. The summed E-state index contributed by atoms with van der Waals surface area (Å²) < 4.78 is 7.17. The Balaban J connectivity index is 1.67. The van der Waals surface area contributed by atoms with E-state index in [4.69, 9.17) is 14.7 Å². The zero-order valence-corrected chi connectivity index (χ0v) is 17.3. The summed E-state index contributed by atoms with van der Waals surface area (Å²) in [5, 5.41) is 1.14. The maximum Gasteiger partial charge on any atom is 0.150 e. The predicted molar refractivity (Wildman–Crippen MR) is 110 cm³/mol. The Morgan fingerprint density at radius 1 is 1.22 bits per heavy atom. The first kappa shape index (κ1) is 17.3. The van der Waals surface area contributed by atoms with Gasteiger partial charge in [0.15, 0.2) is 0 Å². The first-order valence-electron chi connectivity index (χ1n) is 9.88. The molecule has 2 aliphatic rings. The lowest BCUT2D eigenvalue weighted by Crippen LogP contribution is -2.41. The summed E-state index contributed by atoms with van der Waals surface area (Å²) in [6.07, 6.45) is 5.08. The Morgan fingerprint density at radius 2 is 2.07 bits per heavy atom. The van der Waals surface area contributed by atoms with Gasteiger partial charge in [-0.2, -0.15) is 0 Å². The number of aromatic nitrogens is 3. The summed E-state index contributed by atoms with van der Waals surface area (Å²) in [5.41, 5.74) is 3.25. The molecule has 6 heteroatoms. The van der Waals surface area contributed by atoms with Crippen molar-refractivity contribution >= 4 is 37.6 Å². The van der Waals surface area contributed by atoms with Crippen LogP contribution in [0.15, 0.2) is 12.4 Å². The third-order valence-corrected chi connectivity index (χ3v) is 7.08. The van der Waals surface area contributed by atoms with Crippen molar-refractivity contribution in [2.75, 3.05) is 11.4 Å². The fourth-order valence-electron chi connectivity index (χ4n) is 4.36. The number of ether oxygens (including phenoxy) is 1. The van der Waals surface area contributed by atoms with E-state index in [0.29, 0.717) is 18.6 Å². The minimum Gasteiger partial charge on any atom is -0.370 e. The highest BCUT2D eigenvalue weighted by Crippen LogP contribution is 2.40. The van der Waals surface area contributed by atoms with Crippen molar-refractivity contribution in [3.8, 4) is 0 Å². The van der Waals surface area contributed by atoms with Crippen LogP contribution in [0, 0.1) is 5.92 Å². The van der Waals surface area contributed by atoms with Gasteiger partial charge in [-0.3, -0.25) is 0 Å². The monoisotopic (exact) mass is 382 g/mol. The van der Waals surface area contributed by atoms with E-state index in [9.17, 15) is 0 Å². The van der Waals surface area contributed by atoms with Gasteiger partial charge in [0, 0.05) is 30.0 Å². The van der Waals surface area contributed by atoms with Crippen LogP contribution in [-0.4, -0.2) is 33.1 Å². The number of thiophene rings is 1. The zero-order chi connectivity index (χ0) is 18.8. The third-order valence-electron chi connectivity index (χ3n) is 6.00. The average molecular weight is 383 g/mol. The Kier molecular flexibility index (Phi) is 3.92. The lowest BCUT2D eigenvalue weighted by Gasteiger charge is -2.37. The number of piperidine rings is 1. The van der Waals surface area contributed by atoms with Gasteiger partial charge in [0.25, 0.3) is 0 Å². The van der Waals surface area contributed by atoms with E-state index < -0.39 is 0 Å². The van der Waals surface area contributed by atoms with Gasteiger partial charge in [0.2, 0.25) is 0 Å². The molecule has 1 fully saturated rings. The molecule has 5 heterocycles. The second-order valence-electron chi connectivity index (χ2n) is 8.83. The van der Waals surface area contributed by atoms with Crippen LogP contribution in [0.3, 0.4) is 0 Å². The lowest BCUT2D eigenvalue weighted by molar-refractivity contribution is -0.0411. The highest BCUT2D eigenvalue weighted by Gasteiger charge is 2.29. The second-order valence-corrected chi connectivity index (χ2v) is 9.83. The molecule has 0 aromatic carbocycles. The molecule has 3 aromatic rings. The van der Waals surface area contributed by atoms with Gasteiger partial charge in [-0.1, -0.05) is 6.92 Å². The van der Waals surface area contributed by atoms with E-state index in [1.807, 2.05) is 0 Å². The van der Waals surface area contributed by atoms with Gasteiger partial charge in [0.1, 0.15) is 17.0 Å². The fourth-order valence-corrected chi connectivity index (χ4v) is 5.50. The molecular formula is C21H26N4OS. The molecule has 0 aliphatic carbocycles. The minimum absolute atomic E-state index is 0.144. The van der Waals surface area contributed by atoms with Crippen LogP contribution in [0.4, 0.5) is 5.82 Å². The van der Waals surface area contributed by atoms with Crippen LogP contribution in [-0.2, 0) is 17.8 Å². The first-order valence-corrected chi connectivity index (χ1v) is 10.7. The largest absolute Gasteiger partial charge is 0.370 e. The quantitative estimate of drug-likeness (QED) is 0.610. The number of fused-ring (bicyclic) bond motifs is 4. The maximum absolute atomic E-state index is 6.00. The van der Waals surface area contributed by atoms with E-state index in [1.165, 1.54) is 28.8 Å². The standard InChI is InChI=1S/C21H26N4OS/c1-12-5-6-13(2)25(9-12)19-18-17(22-11-23-19)15-7-14-10-26-21(3,4)8-16(14)24-20(15)27-18/h7,11-13H,5-6,8-10H2,1-4H3/t12-,13+/m1/s1. The number of hydrogen-bond donors (Lipinski definition) is 0. The molecule has 1 saturated heterocycles. The van der Waals surface area contributed by atoms with Gasteiger partial charge in [0.05, 0.1) is 28.1 Å². The summed E-state index contributed by atoms with van der Waals surface area (Å²) in [4.78, 5) is 17.9. The molecule has 0 spiro atoms. The number of rotatable bonds is 1. The van der Waals surface area contributed by atoms with E-state index in [-0.39, 0.29) is 5.60 Å². The van der Waals surface area contributed by atoms with Crippen LogP contribution in [0.2, 0.25) is 0 Å². The molecule has 0 bridgehead atoms. The molecule has 2 atom stereocenters. The van der Waals surface area contributed by atoms with Crippen molar-refractivity contribution in [3.05, 3.63) is 23.7 Å². The van der Waals surface area contributed by atoms with Crippen LogP contribution in [0.25, 0.3) is 20.4 Å². The molecule has 5 rings (SSSR count). The fraction of sp³-hybridized carbons (Fsp3) is 0.571. The minimum atomic E-state index is -0.144. The molecule has 2 aliphatic heterocycles. The molecule has 27 heavy (non-hydrogen) atoms. The van der Waals surface area contributed by atoms with Gasteiger partial charge in [-0.15, -0.1) is 11.3 Å². The highest BCUT2D eigenvalue weighted by molar-refractivity contribution is 7.25. The van der Waals surface area contributed by atoms with Gasteiger partial charge < -0.3 is 9.64 Å². The van der Waals surface area contributed by atoms with Crippen molar-refractivity contribution in [3.63, 3.8) is 0 Å². The van der Waals surface area contributed by atoms with Crippen LogP contribution < -0.4 is 4.90 Å². The van der Waals surface area contributed by atoms with E-state index in [1.54, 1.807) is 17.7 Å². The average Bonchev–Trinajstić information content (AvgIpc) is 2.98. The predicted octanol–water partition coefficient (Wildman–Crippen LogP) is 4.72. The van der Waals surface area contributed by atoms with Gasteiger partial charge in [-0.05, 0) is 45.6 Å². The Hall–Kier alpha value is -1.79. The number of pyridine rings is 1. The number of hydrogen-bond acceptors (Lipinski definition) is 6. The van der Waals surface area contributed by atoms with Crippen molar-refractivity contribution in [2.45, 2.75) is 65.2 Å². The topological polar surface area (TPSA) is 51.1 Å². The molecule has 0 unspecified atom stereocenters. The van der Waals surface area contributed by atoms with Crippen molar-refractivity contribution in [2.24, 2.45) is 5.92 Å². The summed E-state index contributed by atoms with van der Waals surface area (Å²) in [6, 6.07) is 2.75. The van der Waals surface area contributed by atoms with Crippen LogP contribution >= 0.6 is 11.3 Å². The number of nitrogens with zero attached hydrogens (tertiary/aromatic N) is 4. The van der Waals surface area contributed by atoms with E-state index in [0.717, 1.165) is 34.5 Å². The molecule has 0 N–H and O–H groups in total. The molecule has 0 saturated carbocycles. The first-order chi connectivity index (χ1) is 12.9.